The number of aryl methyl sites for hydroxylation is 1. The van der Waals surface area contributed by atoms with E-state index >= 15 is 0 Å². The monoisotopic (exact) mass is 317 g/mol. The van der Waals surface area contributed by atoms with Crippen LogP contribution in [0.15, 0.2) is 17.2 Å². The highest BCUT2D eigenvalue weighted by Gasteiger charge is 2.16. The molecule has 1 aromatic heterocycles. The van der Waals surface area contributed by atoms with E-state index in [1.165, 1.54) is 0 Å². The minimum atomic E-state index is -3.42. The normalized spacial score (nSPS) is 12.0. The van der Waals surface area contributed by atoms with E-state index in [1.807, 2.05) is 11.6 Å². The van der Waals surface area contributed by atoms with Gasteiger partial charge in [-0.3, -0.25) is 0 Å². The van der Waals surface area contributed by atoms with E-state index < -0.39 is 10.0 Å². The quantitative estimate of drug-likeness (QED) is 0.602. The largest absolute Gasteiger partial charge is 0.385 e. The van der Waals surface area contributed by atoms with E-state index in [0.717, 1.165) is 31.5 Å². The molecule has 21 heavy (non-hydrogen) atoms. The molecule has 0 aromatic carbocycles. The van der Waals surface area contributed by atoms with E-state index in [-0.39, 0.29) is 0 Å². The molecule has 0 fully saturated rings. The van der Waals surface area contributed by atoms with Gasteiger partial charge in [0, 0.05) is 45.7 Å². The van der Waals surface area contributed by atoms with Crippen molar-refractivity contribution < 1.29 is 13.2 Å². The predicted octanol–water partition coefficient (Wildman–Crippen LogP) is 1.23. The van der Waals surface area contributed by atoms with Crippen molar-refractivity contribution in [1.82, 2.24) is 14.6 Å². The number of hydrogen-bond donors (Lipinski definition) is 2. The maximum atomic E-state index is 12.2. The molecule has 0 spiro atoms. The molecule has 122 valence electrons. The standard InChI is InChI=1S/C14H27N3O3S/c1-4-7-15-11-13-10-14(12-17(13)2)21(18,19)16-8-5-6-9-20-3/h10,12,15-16H,4-9,11H2,1-3H3. The molecule has 0 radical (unpaired) electrons. The van der Waals surface area contributed by atoms with Crippen LogP contribution >= 0.6 is 0 Å². The third-order valence-corrected chi connectivity index (χ3v) is 4.62. The molecule has 0 unspecified atom stereocenters. The minimum Gasteiger partial charge on any atom is -0.385 e. The van der Waals surface area contributed by atoms with Crippen LogP contribution in [0.25, 0.3) is 0 Å². The highest BCUT2D eigenvalue weighted by molar-refractivity contribution is 7.89. The van der Waals surface area contributed by atoms with Crippen LogP contribution in [0.1, 0.15) is 31.9 Å². The van der Waals surface area contributed by atoms with Crippen LogP contribution in [0.2, 0.25) is 0 Å². The van der Waals surface area contributed by atoms with Gasteiger partial charge >= 0.3 is 0 Å². The summed E-state index contributed by atoms with van der Waals surface area (Å²) in [6.07, 6.45) is 4.32. The summed E-state index contributed by atoms with van der Waals surface area (Å²) in [5.41, 5.74) is 0.961. The molecular weight excluding hydrogens is 290 g/mol. The fraction of sp³-hybridized carbons (Fsp3) is 0.714. The van der Waals surface area contributed by atoms with Gasteiger partial charge in [-0.2, -0.15) is 0 Å². The summed E-state index contributed by atoms with van der Waals surface area (Å²) in [7, 11) is 0.0836. The molecule has 2 N–H and O–H groups in total. The third kappa shape index (κ3) is 6.17. The molecule has 1 heterocycles. The SMILES string of the molecule is CCCNCc1cc(S(=O)(=O)NCCCCOC)cn1C. The Morgan fingerprint density at radius 1 is 1.29 bits per heavy atom. The molecule has 0 aliphatic carbocycles. The van der Waals surface area contributed by atoms with Crippen molar-refractivity contribution in [3.8, 4) is 0 Å². The zero-order valence-electron chi connectivity index (χ0n) is 13.2. The molecule has 7 heteroatoms. The molecule has 1 aromatic rings. The van der Waals surface area contributed by atoms with Crippen molar-refractivity contribution in [2.45, 2.75) is 37.6 Å². The lowest BCUT2D eigenvalue weighted by atomic mass is 10.3. The number of hydrogen-bond acceptors (Lipinski definition) is 4. The predicted molar refractivity (Wildman–Crippen MR) is 83.7 cm³/mol. The fourth-order valence-electron chi connectivity index (χ4n) is 1.95. The van der Waals surface area contributed by atoms with Crippen LogP contribution in [0, 0.1) is 0 Å². The van der Waals surface area contributed by atoms with E-state index in [4.69, 9.17) is 4.74 Å². The van der Waals surface area contributed by atoms with Gasteiger partial charge in [0.25, 0.3) is 0 Å². The Bertz CT molecular complexity index is 512. The van der Waals surface area contributed by atoms with E-state index in [9.17, 15) is 8.42 Å². The summed E-state index contributed by atoms with van der Waals surface area (Å²) in [5, 5.41) is 3.27. The minimum absolute atomic E-state index is 0.324. The first kappa shape index (κ1) is 18.2. The van der Waals surface area contributed by atoms with Gasteiger partial charge in [0.2, 0.25) is 10.0 Å². The average Bonchev–Trinajstić information content (AvgIpc) is 2.81. The number of nitrogens with zero attached hydrogens (tertiary/aromatic N) is 1. The maximum absolute atomic E-state index is 12.2. The lowest BCUT2D eigenvalue weighted by Crippen LogP contribution is -2.24. The molecule has 0 saturated heterocycles. The van der Waals surface area contributed by atoms with E-state index in [0.29, 0.717) is 24.6 Å². The van der Waals surface area contributed by atoms with Crippen LogP contribution in [0.5, 0.6) is 0 Å². The Morgan fingerprint density at radius 2 is 2.05 bits per heavy atom. The molecule has 0 atom stereocenters. The Hall–Kier alpha value is -0.890. The summed E-state index contributed by atoms with van der Waals surface area (Å²) < 4.78 is 33.8. The van der Waals surface area contributed by atoms with Crippen molar-refractivity contribution in [3.63, 3.8) is 0 Å². The number of sulfonamides is 1. The van der Waals surface area contributed by atoms with Crippen LogP contribution in [0.3, 0.4) is 0 Å². The van der Waals surface area contributed by atoms with Crippen molar-refractivity contribution in [3.05, 3.63) is 18.0 Å². The van der Waals surface area contributed by atoms with Gasteiger partial charge in [-0.05, 0) is 31.9 Å². The first-order valence-electron chi connectivity index (χ1n) is 7.35. The first-order chi connectivity index (χ1) is 10.0. The highest BCUT2D eigenvalue weighted by Crippen LogP contribution is 2.13. The second-order valence-electron chi connectivity index (χ2n) is 5.05. The number of aromatic nitrogens is 1. The molecular formula is C14H27N3O3S. The van der Waals surface area contributed by atoms with E-state index in [1.54, 1.807) is 19.4 Å². The third-order valence-electron chi connectivity index (χ3n) is 3.19. The molecule has 0 aliphatic rings. The van der Waals surface area contributed by atoms with Crippen LogP contribution in [-0.2, 0) is 28.4 Å². The molecule has 0 saturated carbocycles. The number of rotatable bonds is 11. The highest BCUT2D eigenvalue weighted by atomic mass is 32.2. The van der Waals surface area contributed by atoms with Gasteiger partial charge in [-0.15, -0.1) is 0 Å². The molecule has 6 nitrogen and oxygen atoms in total. The van der Waals surface area contributed by atoms with Crippen molar-refractivity contribution in [2.24, 2.45) is 7.05 Å². The summed E-state index contributed by atoms with van der Waals surface area (Å²) in [4.78, 5) is 0.324. The van der Waals surface area contributed by atoms with Gasteiger partial charge in [0.1, 0.15) is 0 Å². The Kier molecular flexibility index (Phi) is 7.95. The topological polar surface area (TPSA) is 72.4 Å². The smallest absolute Gasteiger partial charge is 0.242 e. The van der Waals surface area contributed by atoms with Crippen LogP contribution in [0.4, 0.5) is 0 Å². The second kappa shape index (κ2) is 9.19. The molecule has 0 aliphatic heterocycles. The molecule has 1 rings (SSSR count). The zero-order chi connectivity index (χ0) is 15.7. The summed E-state index contributed by atoms with van der Waals surface area (Å²) in [6, 6.07) is 1.72. The number of nitrogens with one attached hydrogen (secondary N) is 2. The average molecular weight is 317 g/mol. The Morgan fingerprint density at radius 3 is 2.71 bits per heavy atom. The van der Waals surface area contributed by atoms with Crippen LogP contribution < -0.4 is 10.0 Å². The molecule has 0 amide bonds. The summed E-state index contributed by atoms with van der Waals surface area (Å²) >= 11 is 0. The lowest BCUT2D eigenvalue weighted by Gasteiger charge is -2.04. The van der Waals surface area contributed by atoms with Gasteiger partial charge < -0.3 is 14.6 Å². The number of unbranched alkanes of at least 4 members (excludes halogenated alkanes) is 1. The van der Waals surface area contributed by atoms with Crippen molar-refractivity contribution >= 4 is 10.0 Å². The maximum Gasteiger partial charge on any atom is 0.242 e. The fourth-order valence-corrected chi connectivity index (χ4v) is 3.12. The summed E-state index contributed by atoms with van der Waals surface area (Å²) in [6.45, 7) is 4.78. The first-order valence-corrected chi connectivity index (χ1v) is 8.84. The Labute approximate surface area is 127 Å². The lowest BCUT2D eigenvalue weighted by molar-refractivity contribution is 0.193. The van der Waals surface area contributed by atoms with Crippen molar-refractivity contribution in [2.75, 3.05) is 26.8 Å². The second-order valence-corrected chi connectivity index (χ2v) is 6.82. The van der Waals surface area contributed by atoms with Gasteiger partial charge in [0.05, 0.1) is 4.90 Å². The van der Waals surface area contributed by atoms with Crippen LogP contribution in [-0.4, -0.2) is 39.8 Å². The van der Waals surface area contributed by atoms with Gasteiger partial charge in [-0.25, -0.2) is 13.1 Å². The number of methoxy groups -OCH3 is 1. The van der Waals surface area contributed by atoms with Gasteiger partial charge in [0.15, 0.2) is 0 Å². The number of ether oxygens (including phenoxy) is 1. The molecule has 0 bridgehead atoms. The Balaban J connectivity index is 2.56. The zero-order valence-corrected chi connectivity index (χ0v) is 14.0. The van der Waals surface area contributed by atoms with E-state index in [2.05, 4.69) is 17.0 Å². The van der Waals surface area contributed by atoms with Crippen molar-refractivity contribution in [1.29, 1.82) is 0 Å². The van der Waals surface area contributed by atoms with Gasteiger partial charge in [-0.1, -0.05) is 6.92 Å². The summed E-state index contributed by atoms with van der Waals surface area (Å²) in [5.74, 6) is 0.